The number of benzene rings is 1. The highest BCUT2D eigenvalue weighted by Crippen LogP contribution is 2.41. The molecule has 1 saturated carbocycles. The van der Waals surface area contributed by atoms with E-state index in [1.165, 1.54) is 5.56 Å². The van der Waals surface area contributed by atoms with Crippen LogP contribution in [0, 0.1) is 11.8 Å². The number of aliphatic hydroxyl groups excluding tert-OH is 2. The summed E-state index contributed by atoms with van der Waals surface area (Å²) in [5.74, 6) is 0.558. The number of allylic oxidation sites excluding steroid dienone is 2. The lowest BCUT2D eigenvalue weighted by Gasteiger charge is -2.30. The van der Waals surface area contributed by atoms with Gasteiger partial charge in [-0.1, -0.05) is 42.5 Å². The van der Waals surface area contributed by atoms with E-state index < -0.39 is 6.10 Å². The van der Waals surface area contributed by atoms with Crippen LogP contribution in [0.1, 0.15) is 83.1 Å². The smallest absolute Gasteiger partial charge is 0.157 e. The Morgan fingerprint density at radius 3 is 2.74 bits per heavy atom. The first kappa shape index (κ1) is 27.1. The van der Waals surface area contributed by atoms with Crippen molar-refractivity contribution < 1.29 is 24.5 Å². The first-order chi connectivity index (χ1) is 16.5. The lowest BCUT2D eigenvalue weighted by Crippen LogP contribution is -2.32. The van der Waals surface area contributed by atoms with Gasteiger partial charge in [0.1, 0.15) is 5.78 Å². The van der Waals surface area contributed by atoms with E-state index in [-0.39, 0.29) is 36.1 Å². The summed E-state index contributed by atoms with van der Waals surface area (Å²) >= 11 is 0. The van der Waals surface area contributed by atoms with Crippen LogP contribution in [-0.2, 0) is 20.7 Å². The number of carbonyl (C=O) groups excluding carboxylic acids is 1. The lowest BCUT2D eigenvalue weighted by molar-refractivity contribution is -0.196. The maximum absolute atomic E-state index is 11.1. The van der Waals surface area contributed by atoms with Crippen LogP contribution < -0.4 is 0 Å². The fraction of sp³-hybridized carbons (Fsp3) is 0.690. The van der Waals surface area contributed by atoms with Gasteiger partial charge in [0.15, 0.2) is 6.29 Å². The van der Waals surface area contributed by atoms with E-state index in [0.29, 0.717) is 19.3 Å². The Morgan fingerprint density at radius 2 is 2.00 bits per heavy atom. The number of carbonyl (C=O) groups is 1. The van der Waals surface area contributed by atoms with Gasteiger partial charge >= 0.3 is 0 Å². The number of ether oxygens (including phenoxy) is 2. The highest BCUT2D eigenvalue weighted by molar-refractivity contribution is 5.75. The number of hydrogen-bond donors (Lipinski definition) is 2. The van der Waals surface area contributed by atoms with Gasteiger partial charge in [-0.25, -0.2) is 0 Å². The van der Waals surface area contributed by atoms with Crippen LogP contribution in [0.2, 0.25) is 0 Å². The van der Waals surface area contributed by atoms with Gasteiger partial charge in [0.05, 0.1) is 18.3 Å². The molecule has 5 nitrogen and oxygen atoms in total. The molecule has 2 aliphatic rings. The average Bonchev–Trinajstić information content (AvgIpc) is 3.13. The van der Waals surface area contributed by atoms with Gasteiger partial charge in [-0.2, -0.15) is 0 Å². The molecule has 6 atom stereocenters. The van der Waals surface area contributed by atoms with Crippen molar-refractivity contribution >= 4 is 5.78 Å². The summed E-state index contributed by atoms with van der Waals surface area (Å²) in [6, 6.07) is 10.3. The number of rotatable bonds is 14. The molecule has 190 valence electrons. The van der Waals surface area contributed by atoms with Crippen LogP contribution in [0.15, 0.2) is 42.5 Å². The summed E-state index contributed by atoms with van der Waals surface area (Å²) in [5, 5.41) is 21.6. The van der Waals surface area contributed by atoms with E-state index >= 15 is 0 Å². The van der Waals surface area contributed by atoms with E-state index in [2.05, 4.69) is 24.3 Å². The minimum atomic E-state index is -0.401. The monoisotopic (exact) mass is 472 g/mol. The summed E-state index contributed by atoms with van der Waals surface area (Å²) in [6.07, 6.45) is 13.5. The summed E-state index contributed by atoms with van der Waals surface area (Å²) in [5.41, 5.74) is 1.25. The van der Waals surface area contributed by atoms with Gasteiger partial charge in [0.25, 0.3) is 0 Å². The van der Waals surface area contributed by atoms with Crippen molar-refractivity contribution in [2.75, 3.05) is 6.61 Å². The van der Waals surface area contributed by atoms with Crippen molar-refractivity contribution in [3.8, 4) is 0 Å². The standard InChI is InChI=1S/C29H44O5/c1-22(30)11-5-2-3-8-14-25-26(19-18-24(31)17-16-23-12-6-4-7-13-23)28(21-27(25)32)34-29-15-9-10-20-33-29/h3-4,6-8,12-13,24-29,31-32H,2,5,9-11,14-21H2,1H3/b8-3-/t24-,25+,26+,27-,28+,29?/m0/s1. The topological polar surface area (TPSA) is 76.0 Å². The fourth-order valence-electron chi connectivity index (χ4n) is 5.40. The van der Waals surface area contributed by atoms with Crippen LogP contribution in [0.4, 0.5) is 0 Å². The Hall–Kier alpha value is -1.53. The van der Waals surface area contributed by atoms with E-state index in [9.17, 15) is 15.0 Å². The summed E-state index contributed by atoms with van der Waals surface area (Å²) < 4.78 is 12.2. The second kappa shape index (κ2) is 14.8. The second-order valence-electron chi connectivity index (χ2n) is 10.2. The third-order valence-corrected chi connectivity index (χ3v) is 7.38. The number of aliphatic hydroxyl groups is 2. The third kappa shape index (κ3) is 9.26. The van der Waals surface area contributed by atoms with Crippen molar-refractivity contribution in [2.24, 2.45) is 11.8 Å². The van der Waals surface area contributed by atoms with Gasteiger partial charge < -0.3 is 24.5 Å². The Balaban J connectivity index is 1.53. The zero-order valence-corrected chi connectivity index (χ0v) is 20.8. The van der Waals surface area contributed by atoms with Gasteiger partial charge in [-0.05, 0) is 88.5 Å². The van der Waals surface area contributed by atoms with Crippen molar-refractivity contribution in [1.82, 2.24) is 0 Å². The minimum Gasteiger partial charge on any atom is -0.393 e. The molecule has 0 radical (unpaired) electrons. The Labute approximate surface area is 205 Å². The number of hydrogen-bond acceptors (Lipinski definition) is 5. The molecule has 1 aliphatic heterocycles. The van der Waals surface area contributed by atoms with Crippen molar-refractivity contribution in [3.05, 3.63) is 48.0 Å². The first-order valence-corrected chi connectivity index (χ1v) is 13.3. The normalized spacial score (nSPS) is 28.4. The van der Waals surface area contributed by atoms with Gasteiger partial charge in [0, 0.05) is 19.4 Å². The highest BCUT2D eigenvalue weighted by atomic mass is 16.7. The molecule has 3 rings (SSSR count). The third-order valence-electron chi connectivity index (χ3n) is 7.38. The number of aryl methyl sites for hydroxylation is 1. The molecule has 1 saturated heterocycles. The van der Waals surface area contributed by atoms with Crippen LogP contribution in [0.3, 0.4) is 0 Å². The van der Waals surface area contributed by atoms with Crippen LogP contribution in [0.5, 0.6) is 0 Å². The maximum Gasteiger partial charge on any atom is 0.157 e. The Bertz CT molecular complexity index is 727. The molecule has 1 heterocycles. The zero-order valence-electron chi connectivity index (χ0n) is 20.8. The molecule has 34 heavy (non-hydrogen) atoms. The maximum atomic E-state index is 11.1. The molecule has 2 N–H and O–H groups in total. The molecule has 1 aromatic carbocycles. The molecule has 0 amide bonds. The second-order valence-corrected chi connectivity index (χ2v) is 10.2. The SMILES string of the molecule is CC(=O)CCC/C=C\C[C@@H]1[C@@H](CC[C@@H](O)CCc2ccccc2)[C@H](OC2CCCCO2)C[C@@H]1O. The Kier molecular flexibility index (Phi) is 11.8. The van der Waals surface area contributed by atoms with Crippen molar-refractivity contribution in [2.45, 2.75) is 109 Å². The van der Waals surface area contributed by atoms with Gasteiger partial charge in [-0.3, -0.25) is 0 Å². The number of ketones is 1. The molecular formula is C29H44O5. The van der Waals surface area contributed by atoms with Crippen molar-refractivity contribution in [3.63, 3.8) is 0 Å². The highest BCUT2D eigenvalue weighted by Gasteiger charge is 2.43. The van der Waals surface area contributed by atoms with E-state index in [1.807, 2.05) is 18.2 Å². The van der Waals surface area contributed by atoms with Crippen LogP contribution in [-0.4, -0.2) is 47.2 Å². The largest absolute Gasteiger partial charge is 0.393 e. The molecule has 0 bridgehead atoms. The minimum absolute atomic E-state index is 0.0319. The molecule has 5 heteroatoms. The van der Waals surface area contributed by atoms with Gasteiger partial charge in [-0.15, -0.1) is 0 Å². The molecule has 0 aromatic heterocycles. The van der Waals surface area contributed by atoms with E-state index in [4.69, 9.17) is 9.47 Å². The molecular weight excluding hydrogens is 428 g/mol. The van der Waals surface area contributed by atoms with Crippen molar-refractivity contribution in [1.29, 1.82) is 0 Å². The zero-order chi connectivity index (χ0) is 24.2. The van der Waals surface area contributed by atoms with E-state index in [1.54, 1.807) is 6.92 Å². The van der Waals surface area contributed by atoms with Gasteiger partial charge in [0.2, 0.25) is 0 Å². The summed E-state index contributed by atoms with van der Waals surface area (Å²) in [6.45, 7) is 2.38. The Morgan fingerprint density at radius 1 is 1.18 bits per heavy atom. The lowest BCUT2D eigenvalue weighted by atomic mass is 9.85. The molecule has 1 unspecified atom stereocenters. The number of Topliss-reactive ketones (excluding diaryl/α,β-unsaturated/α-hetero) is 1. The molecule has 1 aromatic rings. The molecule has 2 fully saturated rings. The summed E-state index contributed by atoms with van der Waals surface area (Å²) in [7, 11) is 0. The quantitative estimate of drug-likeness (QED) is 0.281. The predicted octanol–water partition coefficient (Wildman–Crippen LogP) is 5.37. The molecule has 0 spiro atoms. The average molecular weight is 473 g/mol. The van der Waals surface area contributed by atoms with E-state index in [0.717, 1.165) is 64.4 Å². The predicted molar refractivity (Wildman–Crippen MR) is 134 cm³/mol. The summed E-state index contributed by atoms with van der Waals surface area (Å²) in [4.78, 5) is 11.1. The molecule has 1 aliphatic carbocycles. The van der Waals surface area contributed by atoms with Crippen LogP contribution >= 0.6 is 0 Å². The van der Waals surface area contributed by atoms with Crippen LogP contribution in [0.25, 0.3) is 0 Å². The number of unbranched alkanes of at least 4 members (excludes halogenated alkanes) is 1. The first-order valence-electron chi connectivity index (χ1n) is 13.3. The fourth-order valence-corrected chi connectivity index (χ4v) is 5.40.